The van der Waals surface area contributed by atoms with E-state index in [1.807, 2.05) is 0 Å². The van der Waals surface area contributed by atoms with Crippen LogP contribution < -0.4 is 0 Å². The first kappa shape index (κ1) is 26.4. The maximum Gasteiger partial charge on any atom is 0.308 e. The molecule has 0 aliphatic carbocycles. The van der Waals surface area contributed by atoms with E-state index >= 15 is 0 Å². The van der Waals surface area contributed by atoms with Crippen molar-refractivity contribution in [3.63, 3.8) is 0 Å². The average Bonchev–Trinajstić information content (AvgIpc) is 2.53. The van der Waals surface area contributed by atoms with Crippen LogP contribution in [0.2, 0.25) is 0 Å². The molecule has 0 amide bonds. The smallest absolute Gasteiger partial charge is 0.308 e. The second-order valence-electron chi connectivity index (χ2n) is 9.21. The SMILES string of the molecule is CC(C)CCCC(C)CCOC(CC(=O)O)OCCC(C)CCCC(C)C. The predicted molar refractivity (Wildman–Crippen MR) is 113 cm³/mol. The molecular formula is C23H46O4. The Balaban J connectivity index is 3.98. The van der Waals surface area contributed by atoms with Crippen LogP contribution in [-0.2, 0) is 14.3 Å². The van der Waals surface area contributed by atoms with Gasteiger partial charge < -0.3 is 14.6 Å². The molecule has 0 saturated heterocycles. The summed E-state index contributed by atoms with van der Waals surface area (Å²) in [5.74, 6) is 1.87. The molecule has 0 spiro atoms. The van der Waals surface area contributed by atoms with Crippen molar-refractivity contribution in [3.8, 4) is 0 Å². The van der Waals surface area contributed by atoms with Gasteiger partial charge in [0.15, 0.2) is 6.29 Å². The van der Waals surface area contributed by atoms with Crippen molar-refractivity contribution in [1.29, 1.82) is 0 Å². The summed E-state index contributed by atoms with van der Waals surface area (Å²) in [7, 11) is 0. The first-order valence-electron chi connectivity index (χ1n) is 11.2. The molecule has 27 heavy (non-hydrogen) atoms. The van der Waals surface area contributed by atoms with E-state index in [0.717, 1.165) is 24.7 Å². The zero-order valence-corrected chi connectivity index (χ0v) is 18.8. The first-order valence-corrected chi connectivity index (χ1v) is 11.2. The molecule has 2 atom stereocenters. The van der Waals surface area contributed by atoms with E-state index in [1.54, 1.807) is 0 Å². The number of aliphatic carboxylic acids is 1. The third-order valence-corrected chi connectivity index (χ3v) is 5.13. The Morgan fingerprint density at radius 2 is 1.11 bits per heavy atom. The van der Waals surface area contributed by atoms with Crippen LogP contribution in [0.15, 0.2) is 0 Å². The molecule has 0 aromatic rings. The minimum Gasteiger partial charge on any atom is -0.481 e. The fourth-order valence-corrected chi connectivity index (χ4v) is 3.15. The maximum absolute atomic E-state index is 11.1. The molecule has 2 unspecified atom stereocenters. The molecule has 0 aromatic heterocycles. The van der Waals surface area contributed by atoms with Crippen molar-refractivity contribution in [1.82, 2.24) is 0 Å². The van der Waals surface area contributed by atoms with Crippen LogP contribution in [0.25, 0.3) is 0 Å². The fraction of sp³-hybridized carbons (Fsp3) is 0.957. The molecular weight excluding hydrogens is 340 g/mol. The number of hydrogen-bond acceptors (Lipinski definition) is 3. The highest BCUT2D eigenvalue weighted by Gasteiger charge is 2.15. The van der Waals surface area contributed by atoms with Crippen LogP contribution in [0, 0.1) is 23.7 Å². The minimum atomic E-state index is -0.866. The molecule has 0 rings (SSSR count). The quantitative estimate of drug-likeness (QED) is 0.272. The van der Waals surface area contributed by atoms with Gasteiger partial charge in [-0.25, -0.2) is 0 Å². The Morgan fingerprint density at radius 3 is 1.44 bits per heavy atom. The summed E-state index contributed by atoms with van der Waals surface area (Å²) in [5.41, 5.74) is 0. The molecule has 1 N–H and O–H groups in total. The van der Waals surface area contributed by atoms with Gasteiger partial charge in [0, 0.05) is 0 Å². The highest BCUT2D eigenvalue weighted by atomic mass is 16.7. The summed E-state index contributed by atoms with van der Waals surface area (Å²) in [6.45, 7) is 14.7. The standard InChI is InChI=1S/C23H46O4/c1-18(2)9-7-11-20(5)13-15-26-23(17-22(24)25)27-16-14-21(6)12-8-10-19(3)4/h18-21,23H,7-17H2,1-6H3,(H,24,25). The minimum absolute atomic E-state index is 0.0799. The summed E-state index contributed by atoms with van der Waals surface area (Å²) in [6.07, 6.45) is 8.69. The van der Waals surface area contributed by atoms with Crippen LogP contribution in [-0.4, -0.2) is 30.6 Å². The molecule has 4 nitrogen and oxygen atoms in total. The average molecular weight is 387 g/mol. The van der Waals surface area contributed by atoms with E-state index in [9.17, 15) is 4.79 Å². The lowest BCUT2D eigenvalue weighted by atomic mass is 9.97. The Bertz CT molecular complexity index is 328. The fourth-order valence-electron chi connectivity index (χ4n) is 3.15. The lowest BCUT2D eigenvalue weighted by Gasteiger charge is -2.20. The number of carboxylic acids is 1. The van der Waals surface area contributed by atoms with Gasteiger partial charge in [0.25, 0.3) is 0 Å². The normalized spacial score (nSPS) is 15.3. The lowest BCUT2D eigenvalue weighted by Crippen LogP contribution is -2.23. The van der Waals surface area contributed by atoms with Gasteiger partial charge in [0.1, 0.15) is 0 Å². The van der Waals surface area contributed by atoms with Crippen molar-refractivity contribution < 1.29 is 19.4 Å². The highest BCUT2D eigenvalue weighted by Crippen LogP contribution is 2.17. The topological polar surface area (TPSA) is 55.8 Å². The van der Waals surface area contributed by atoms with Crippen LogP contribution >= 0.6 is 0 Å². The van der Waals surface area contributed by atoms with Gasteiger partial charge in [0.2, 0.25) is 0 Å². The summed E-state index contributed by atoms with van der Waals surface area (Å²) in [6, 6.07) is 0. The number of hydrogen-bond donors (Lipinski definition) is 1. The Morgan fingerprint density at radius 1 is 0.704 bits per heavy atom. The second kappa shape index (κ2) is 16.4. The van der Waals surface area contributed by atoms with Crippen molar-refractivity contribution in [2.45, 2.75) is 106 Å². The van der Waals surface area contributed by atoms with Gasteiger partial charge in [0.05, 0.1) is 19.6 Å². The van der Waals surface area contributed by atoms with Gasteiger partial charge in [-0.15, -0.1) is 0 Å². The number of carboxylic acid groups (broad SMARTS) is 1. The lowest BCUT2D eigenvalue weighted by molar-refractivity contribution is -0.168. The highest BCUT2D eigenvalue weighted by molar-refractivity contribution is 5.67. The molecule has 0 aromatic carbocycles. The summed E-state index contributed by atoms with van der Waals surface area (Å²) in [4.78, 5) is 11.1. The van der Waals surface area contributed by atoms with E-state index in [-0.39, 0.29) is 6.42 Å². The number of ether oxygens (including phenoxy) is 2. The third kappa shape index (κ3) is 18.5. The molecule has 4 heteroatoms. The van der Waals surface area contributed by atoms with Crippen molar-refractivity contribution in [2.75, 3.05) is 13.2 Å². The molecule has 0 bridgehead atoms. The summed E-state index contributed by atoms with van der Waals surface area (Å²) in [5, 5.41) is 9.08. The molecule has 0 aliphatic heterocycles. The van der Waals surface area contributed by atoms with E-state index in [0.29, 0.717) is 25.0 Å². The van der Waals surface area contributed by atoms with Crippen LogP contribution in [0.4, 0.5) is 0 Å². The third-order valence-electron chi connectivity index (χ3n) is 5.13. The first-order chi connectivity index (χ1) is 12.7. The molecule has 162 valence electrons. The molecule has 0 fully saturated rings. The second-order valence-corrected chi connectivity index (χ2v) is 9.21. The van der Waals surface area contributed by atoms with E-state index in [4.69, 9.17) is 14.6 Å². The summed E-state index contributed by atoms with van der Waals surface area (Å²) >= 11 is 0. The van der Waals surface area contributed by atoms with Crippen LogP contribution in [0.3, 0.4) is 0 Å². The van der Waals surface area contributed by atoms with Gasteiger partial charge >= 0.3 is 5.97 Å². The van der Waals surface area contributed by atoms with E-state index in [1.165, 1.54) is 38.5 Å². The summed E-state index contributed by atoms with van der Waals surface area (Å²) < 4.78 is 11.5. The van der Waals surface area contributed by atoms with Crippen molar-refractivity contribution in [2.24, 2.45) is 23.7 Å². The monoisotopic (exact) mass is 386 g/mol. The molecule has 0 radical (unpaired) electrons. The Labute approximate surface area is 168 Å². The Kier molecular flexibility index (Phi) is 16.0. The Hall–Kier alpha value is -0.610. The van der Waals surface area contributed by atoms with Crippen molar-refractivity contribution >= 4 is 5.97 Å². The van der Waals surface area contributed by atoms with Crippen LogP contribution in [0.1, 0.15) is 99.3 Å². The van der Waals surface area contributed by atoms with Gasteiger partial charge in [-0.1, -0.05) is 80.1 Å². The van der Waals surface area contributed by atoms with E-state index in [2.05, 4.69) is 41.5 Å². The largest absolute Gasteiger partial charge is 0.481 e. The predicted octanol–water partition coefficient (Wildman–Crippen LogP) is 6.53. The van der Waals surface area contributed by atoms with Gasteiger partial charge in [-0.3, -0.25) is 4.79 Å². The number of rotatable bonds is 18. The molecule has 0 aliphatic rings. The zero-order chi connectivity index (χ0) is 20.7. The van der Waals surface area contributed by atoms with Crippen molar-refractivity contribution in [3.05, 3.63) is 0 Å². The van der Waals surface area contributed by atoms with Crippen LogP contribution in [0.5, 0.6) is 0 Å². The maximum atomic E-state index is 11.1. The molecule has 0 heterocycles. The van der Waals surface area contributed by atoms with Gasteiger partial charge in [-0.2, -0.15) is 0 Å². The molecule has 0 saturated carbocycles. The van der Waals surface area contributed by atoms with Gasteiger partial charge in [-0.05, 0) is 36.5 Å². The number of carbonyl (C=O) groups is 1. The zero-order valence-electron chi connectivity index (χ0n) is 18.8. The van der Waals surface area contributed by atoms with E-state index < -0.39 is 12.3 Å².